The van der Waals surface area contributed by atoms with Gasteiger partial charge >= 0.3 is 5.97 Å². The summed E-state index contributed by atoms with van der Waals surface area (Å²) < 4.78 is 20.3. The fourth-order valence-electron chi connectivity index (χ4n) is 4.31. The predicted octanol–water partition coefficient (Wildman–Crippen LogP) is 2.98. The van der Waals surface area contributed by atoms with Crippen molar-refractivity contribution in [3.05, 3.63) is 34.6 Å². The Balaban J connectivity index is 1.53. The van der Waals surface area contributed by atoms with E-state index in [2.05, 4.69) is 4.90 Å². The standard InChI is InChI=1S/C18H22FNO3/c19-16-9-13(17(21)22)8-12-2-6-20(11-15(12)16)14-3-7-23-18(10-14)4-1-5-18/h8-9,14H,1-7,10-11H2,(H,21,22)/t14-/m1/s1. The molecule has 2 heterocycles. The van der Waals surface area contributed by atoms with Gasteiger partial charge in [0.05, 0.1) is 11.2 Å². The lowest BCUT2D eigenvalue weighted by Gasteiger charge is -2.50. The van der Waals surface area contributed by atoms with Gasteiger partial charge < -0.3 is 9.84 Å². The molecule has 0 bridgehead atoms. The van der Waals surface area contributed by atoms with Crippen LogP contribution in [0, 0.1) is 5.82 Å². The van der Waals surface area contributed by atoms with Crippen molar-refractivity contribution in [2.45, 2.75) is 56.7 Å². The molecule has 1 atom stereocenters. The Morgan fingerprint density at radius 3 is 2.91 bits per heavy atom. The highest BCUT2D eigenvalue weighted by atomic mass is 19.1. The molecule has 1 aromatic rings. The number of carboxylic acid groups (broad SMARTS) is 1. The lowest BCUT2D eigenvalue weighted by molar-refractivity contribution is -0.149. The average molecular weight is 319 g/mol. The van der Waals surface area contributed by atoms with Gasteiger partial charge in [0.2, 0.25) is 0 Å². The van der Waals surface area contributed by atoms with Gasteiger partial charge in [-0.1, -0.05) is 0 Å². The van der Waals surface area contributed by atoms with E-state index < -0.39 is 5.97 Å². The van der Waals surface area contributed by atoms with E-state index >= 15 is 0 Å². The number of ether oxygens (including phenoxy) is 1. The molecule has 1 saturated heterocycles. The van der Waals surface area contributed by atoms with E-state index in [1.54, 1.807) is 6.07 Å². The molecule has 3 aliphatic rings. The fourth-order valence-corrected chi connectivity index (χ4v) is 4.31. The summed E-state index contributed by atoms with van der Waals surface area (Å²) in [4.78, 5) is 13.4. The largest absolute Gasteiger partial charge is 0.478 e. The summed E-state index contributed by atoms with van der Waals surface area (Å²) in [6, 6.07) is 3.24. The molecule has 0 unspecified atom stereocenters. The lowest BCUT2D eigenvalue weighted by atomic mass is 9.73. The molecule has 1 saturated carbocycles. The summed E-state index contributed by atoms with van der Waals surface area (Å²) in [5.41, 5.74) is 1.67. The molecule has 4 nitrogen and oxygen atoms in total. The van der Waals surface area contributed by atoms with Crippen LogP contribution in [0.2, 0.25) is 0 Å². The van der Waals surface area contributed by atoms with Crippen molar-refractivity contribution in [1.82, 2.24) is 4.90 Å². The third kappa shape index (κ3) is 2.66. The van der Waals surface area contributed by atoms with Crippen LogP contribution < -0.4 is 0 Å². The maximum Gasteiger partial charge on any atom is 0.335 e. The highest BCUT2D eigenvalue weighted by Crippen LogP contribution is 2.44. The van der Waals surface area contributed by atoms with Gasteiger partial charge in [-0.3, -0.25) is 4.90 Å². The van der Waals surface area contributed by atoms with Crippen LogP contribution in [-0.2, 0) is 17.7 Å². The monoisotopic (exact) mass is 319 g/mol. The molecule has 2 fully saturated rings. The maximum atomic E-state index is 14.3. The van der Waals surface area contributed by atoms with E-state index in [9.17, 15) is 9.18 Å². The summed E-state index contributed by atoms with van der Waals surface area (Å²) in [5, 5.41) is 9.07. The number of hydrogen-bond acceptors (Lipinski definition) is 3. The van der Waals surface area contributed by atoms with Crippen LogP contribution in [0.25, 0.3) is 0 Å². The first kappa shape index (κ1) is 15.1. The Kier molecular flexibility index (Phi) is 3.65. The zero-order valence-electron chi connectivity index (χ0n) is 13.2. The van der Waals surface area contributed by atoms with Crippen molar-refractivity contribution in [3.63, 3.8) is 0 Å². The second-order valence-corrected chi connectivity index (χ2v) is 7.15. The van der Waals surface area contributed by atoms with Crippen LogP contribution in [0.15, 0.2) is 12.1 Å². The Labute approximate surface area is 135 Å². The number of carbonyl (C=O) groups is 1. The number of fused-ring (bicyclic) bond motifs is 1. The van der Waals surface area contributed by atoms with Gasteiger partial charge in [0.15, 0.2) is 0 Å². The van der Waals surface area contributed by atoms with Crippen LogP contribution in [0.1, 0.15) is 53.6 Å². The maximum absolute atomic E-state index is 14.3. The molecule has 124 valence electrons. The smallest absolute Gasteiger partial charge is 0.335 e. The van der Waals surface area contributed by atoms with Crippen molar-refractivity contribution < 1.29 is 19.0 Å². The van der Waals surface area contributed by atoms with Gasteiger partial charge in [0, 0.05) is 31.3 Å². The molecule has 1 N–H and O–H groups in total. The van der Waals surface area contributed by atoms with Gasteiger partial charge in [0.1, 0.15) is 5.82 Å². The molecule has 0 amide bonds. The van der Waals surface area contributed by atoms with Crippen molar-refractivity contribution in [3.8, 4) is 0 Å². The number of rotatable bonds is 2. The molecule has 2 aliphatic heterocycles. The minimum Gasteiger partial charge on any atom is -0.478 e. The summed E-state index contributed by atoms with van der Waals surface area (Å²) in [7, 11) is 0. The number of halogens is 1. The molecule has 4 rings (SSSR count). The zero-order valence-corrected chi connectivity index (χ0v) is 13.2. The van der Waals surface area contributed by atoms with Crippen molar-refractivity contribution in [1.29, 1.82) is 0 Å². The first-order valence-electron chi connectivity index (χ1n) is 8.49. The fraction of sp³-hybridized carbons (Fsp3) is 0.611. The van der Waals surface area contributed by atoms with Gasteiger partial charge in [0.25, 0.3) is 0 Å². The Hall–Kier alpha value is -1.46. The Morgan fingerprint density at radius 1 is 1.39 bits per heavy atom. The normalized spacial score (nSPS) is 26.6. The second kappa shape index (κ2) is 5.56. The van der Waals surface area contributed by atoms with Crippen molar-refractivity contribution >= 4 is 5.97 Å². The Morgan fingerprint density at radius 2 is 2.22 bits per heavy atom. The molecule has 5 heteroatoms. The quantitative estimate of drug-likeness (QED) is 0.910. The molecule has 23 heavy (non-hydrogen) atoms. The van der Waals surface area contributed by atoms with Crippen LogP contribution in [0.3, 0.4) is 0 Å². The number of aromatic carboxylic acids is 1. The number of benzene rings is 1. The average Bonchev–Trinajstić information content (AvgIpc) is 2.53. The number of hydrogen-bond donors (Lipinski definition) is 1. The van der Waals surface area contributed by atoms with E-state index in [0.717, 1.165) is 56.9 Å². The highest BCUT2D eigenvalue weighted by molar-refractivity contribution is 5.88. The van der Waals surface area contributed by atoms with Gasteiger partial charge in [-0.05, 0) is 56.2 Å². The molecule has 1 aromatic carbocycles. The molecular weight excluding hydrogens is 297 g/mol. The summed E-state index contributed by atoms with van der Waals surface area (Å²) in [6.45, 7) is 2.26. The predicted molar refractivity (Wildman–Crippen MR) is 83.0 cm³/mol. The van der Waals surface area contributed by atoms with Crippen LogP contribution in [0.5, 0.6) is 0 Å². The van der Waals surface area contributed by atoms with Crippen molar-refractivity contribution in [2.75, 3.05) is 13.2 Å². The van der Waals surface area contributed by atoms with E-state index in [-0.39, 0.29) is 17.0 Å². The van der Waals surface area contributed by atoms with Crippen molar-refractivity contribution in [2.24, 2.45) is 0 Å². The minimum absolute atomic E-state index is 0.0502. The molecule has 1 spiro atoms. The minimum atomic E-state index is -1.06. The summed E-state index contributed by atoms with van der Waals surface area (Å²) in [6.07, 6.45) is 6.34. The third-order valence-electron chi connectivity index (χ3n) is 5.81. The Bertz CT molecular complexity index is 641. The molecule has 0 radical (unpaired) electrons. The number of carboxylic acids is 1. The van der Waals surface area contributed by atoms with E-state index in [4.69, 9.17) is 9.84 Å². The van der Waals surface area contributed by atoms with Gasteiger partial charge in [-0.15, -0.1) is 0 Å². The zero-order chi connectivity index (χ0) is 16.0. The van der Waals surface area contributed by atoms with E-state index in [1.807, 2.05) is 0 Å². The summed E-state index contributed by atoms with van der Waals surface area (Å²) >= 11 is 0. The van der Waals surface area contributed by atoms with Crippen LogP contribution >= 0.6 is 0 Å². The second-order valence-electron chi connectivity index (χ2n) is 7.15. The topological polar surface area (TPSA) is 49.8 Å². The number of nitrogens with zero attached hydrogens (tertiary/aromatic N) is 1. The lowest BCUT2D eigenvalue weighted by Crippen LogP contribution is -2.53. The summed E-state index contributed by atoms with van der Waals surface area (Å²) in [5.74, 6) is -1.44. The first-order valence-corrected chi connectivity index (χ1v) is 8.49. The first-order chi connectivity index (χ1) is 11.1. The van der Waals surface area contributed by atoms with E-state index in [0.29, 0.717) is 18.2 Å². The van der Waals surface area contributed by atoms with Crippen LogP contribution in [-0.4, -0.2) is 40.8 Å². The highest BCUT2D eigenvalue weighted by Gasteiger charge is 2.44. The molecular formula is C18H22FNO3. The van der Waals surface area contributed by atoms with E-state index in [1.165, 1.54) is 6.42 Å². The molecule has 0 aromatic heterocycles. The van der Waals surface area contributed by atoms with Gasteiger partial charge in [-0.25, -0.2) is 9.18 Å². The van der Waals surface area contributed by atoms with Crippen LogP contribution in [0.4, 0.5) is 4.39 Å². The SMILES string of the molecule is O=C(O)c1cc(F)c2c(c1)CCN([C@@H]1CCOC3(CCC3)C1)C2. The third-order valence-corrected chi connectivity index (χ3v) is 5.81. The molecule has 1 aliphatic carbocycles. The van der Waals surface area contributed by atoms with Gasteiger partial charge in [-0.2, -0.15) is 0 Å².